The lowest BCUT2D eigenvalue weighted by Crippen LogP contribution is -2.01. The molecule has 0 aliphatic heterocycles. The predicted octanol–water partition coefficient (Wildman–Crippen LogP) is 8.83. The van der Waals surface area contributed by atoms with Crippen molar-refractivity contribution in [2.24, 2.45) is 0 Å². The van der Waals surface area contributed by atoms with E-state index in [4.69, 9.17) is 0 Å². The monoisotopic (exact) mass is 450 g/mol. The minimum absolute atomic E-state index is 1.05. The number of aromatic nitrogens is 2. The van der Waals surface area contributed by atoms with E-state index in [0.717, 1.165) is 12.8 Å². The molecule has 168 valence electrons. The van der Waals surface area contributed by atoms with Crippen molar-refractivity contribution in [3.8, 4) is 11.4 Å². The van der Waals surface area contributed by atoms with Crippen molar-refractivity contribution >= 4 is 43.6 Å². The molecule has 2 heterocycles. The molecule has 2 nitrogen and oxygen atoms in total. The molecular weight excluding hydrogens is 424 g/mol. The quantitative estimate of drug-likeness (QED) is 0.253. The summed E-state index contributed by atoms with van der Waals surface area (Å²) in [5, 5.41) is 5.18. The van der Waals surface area contributed by atoms with Crippen LogP contribution in [0.2, 0.25) is 0 Å². The van der Waals surface area contributed by atoms with Gasteiger partial charge in [0, 0.05) is 32.9 Å². The van der Waals surface area contributed by atoms with E-state index in [1.807, 2.05) is 0 Å². The molecule has 0 unspecified atom stereocenters. The number of aryl methyl sites for hydroxylation is 1. The zero-order valence-electron chi connectivity index (χ0n) is 19.8. The van der Waals surface area contributed by atoms with Crippen LogP contribution in [-0.2, 0) is 6.42 Å². The number of nitrogens with zero attached hydrogens (tertiary/aromatic N) is 2. The van der Waals surface area contributed by atoms with Gasteiger partial charge < -0.3 is 9.13 Å². The average molecular weight is 451 g/mol. The van der Waals surface area contributed by atoms with Gasteiger partial charge in [-0.15, -0.1) is 0 Å². The predicted molar refractivity (Wildman–Crippen MR) is 149 cm³/mol. The average Bonchev–Trinajstić information content (AvgIpc) is 3.42. The molecular formula is C33H26N2. The largest absolute Gasteiger partial charge is 0.309 e. The highest BCUT2D eigenvalue weighted by atomic mass is 15.0. The third-order valence-electron chi connectivity index (χ3n) is 7.18. The van der Waals surface area contributed by atoms with Gasteiger partial charge in [-0.1, -0.05) is 86.1 Å². The molecule has 7 rings (SSSR count). The van der Waals surface area contributed by atoms with Crippen LogP contribution in [0.15, 0.2) is 115 Å². The van der Waals surface area contributed by atoms with Crippen molar-refractivity contribution in [2.45, 2.75) is 19.8 Å². The molecule has 7 aromatic rings. The second-order valence-electron chi connectivity index (χ2n) is 9.35. The molecule has 0 atom stereocenters. The van der Waals surface area contributed by atoms with Gasteiger partial charge in [0.2, 0.25) is 0 Å². The molecule has 0 saturated heterocycles. The van der Waals surface area contributed by atoms with Crippen molar-refractivity contribution in [1.82, 2.24) is 9.13 Å². The molecule has 0 amide bonds. The first-order chi connectivity index (χ1) is 17.3. The van der Waals surface area contributed by atoms with E-state index in [1.165, 1.54) is 60.5 Å². The molecule has 5 aromatic carbocycles. The van der Waals surface area contributed by atoms with E-state index in [2.05, 4.69) is 131 Å². The van der Waals surface area contributed by atoms with Gasteiger partial charge in [0.15, 0.2) is 0 Å². The SMILES string of the molecule is CCCc1cc(-n2c3ccccc3c3ccccc32)cc(-n2c3ccccc3c3ccccc32)c1. The molecule has 0 N–H and O–H groups in total. The van der Waals surface area contributed by atoms with E-state index >= 15 is 0 Å². The van der Waals surface area contributed by atoms with Crippen LogP contribution in [0.5, 0.6) is 0 Å². The van der Waals surface area contributed by atoms with Crippen molar-refractivity contribution < 1.29 is 0 Å². The molecule has 2 heteroatoms. The Balaban J connectivity index is 1.59. The summed E-state index contributed by atoms with van der Waals surface area (Å²) in [6, 6.07) is 42.1. The van der Waals surface area contributed by atoms with Gasteiger partial charge in [0.05, 0.1) is 22.1 Å². The lowest BCUT2D eigenvalue weighted by molar-refractivity contribution is 0.916. The van der Waals surface area contributed by atoms with Crippen LogP contribution < -0.4 is 0 Å². The highest BCUT2D eigenvalue weighted by Crippen LogP contribution is 2.36. The number of rotatable bonds is 4. The molecule has 0 spiro atoms. The summed E-state index contributed by atoms with van der Waals surface area (Å²) >= 11 is 0. The van der Waals surface area contributed by atoms with Crippen molar-refractivity contribution in [2.75, 3.05) is 0 Å². The van der Waals surface area contributed by atoms with Crippen LogP contribution in [0.3, 0.4) is 0 Å². The van der Waals surface area contributed by atoms with E-state index in [-0.39, 0.29) is 0 Å². The molecule has 0 aliphatic rings. The number of para-hydroxylation sites is 4. The normalized spacial score (nSPS) is 11.8. The van der Waals surface area contributed by atoms with E-state index < -0.39 is 0 Å². The Kier molecular flexibility index (Phi) is 4.53. The maximum absolute atomic E-state index is 2.43. The Morgan fingerprint density at radius 2 is 0.800 bits per heavy atom. The molecule has 0 radical (unpaired) electrons. The van der Waals surface area contributed by atoms with E-state index in [0.29, 0.717) is 0 Å². The Labute approximate surface area is 204 Å². The Morgan fingerprint density at radius 1 is 0.457 bits per heavy atom. The summed E-state index contributed by atoms with van der Waals surface area (Å²) in [4.78, 5) is 0. The van der Waals surface area contributed by atoms with Crippen molar-refractivity contribution in [3.63, 3.8) is 0 Å². The fourth-order valence-electron chi connectivity index (χ4n) is 5.75. The van der Waals surface area contributed by atoms with Gasteiger partial charge in [-0.25, -0.2) is 0 Å². The van der Waals surface area contributed by atoms with Gasteiger partial charge >= 0.3 is 0 Å². The summed E-state index contributed by atoms with van der Waals surface area (Å²) in [7, 11) is 0. The second-order valence-corrected chi connectivity index (χ2v) is 9.35. The van der Waals surface area contributed by atoms with Crippen LogP contribution in [0, 0.1) is 0 Å². The van der Waals surface area contributed by atoms with E-state index in [1.54, 1.807) is 0 Å². The highest BCUT2D eigenvalue weighted by Gasteiger charge is 2.16. The Bertz CT molecular complexity index is 1630. The maximum Gasteiger partial charge on any atom is 0.0541 e. The summed E-state index contributed by atoms with van der Waals surface area (Å²) in [6.07, 6.45) is 2.17. The smallest absolute Gasteiger partial charge is 0.0541 e. The Hall–Kier alpha value is -4.30. The van der Waals surface area contributed by atoms with Crippen LogP contribution >= 0.6 is 0 Å². The molecule has 0 fully saturated rings. The van der Waals surface area contributed by atoms with Crippen molar-refractivity contribution in [1.29, 1.82) is 0 Å². The molecule has 0 aliphatic carbocycles. The van der Waals surface area contributed by atoms with Crippen LogP contribution in [0.1, 0.15) is 18.9 Å². The summed E-state index contributed by atoms with van der Waals surface area (Å²) in [5.74, 6) is 0. The number of hydrogen-bond acceptors (Lipinski definition) is 0. The zero-order valence-corrected chi connectivity index (χ0v) is 19.8. The topological polar surface area (TPSA) is 9.86 Å². The van der Waals surface area contributed by atoms with Crippen LogP contribution in [0.25, 0.3) is 55.0 Å². The maximum atomic E-state index is 2.43. The molecule has 2 aromatic heterocycles. The fourth-order valence-corrected chi connectivity index (χ4v) is 5.75. The summed E-state index contributed by atoms with van der Waals surface area (Å²) < 4.78 is 4.86. The van der Waals surface area contributed by atoms with Crippen LogP contribution in [0.4, 0.5) is 0 Å². The third kappa shape index (κ3) is 3.03. The van der Waals surface area contributed by atoms with Gasteiger partial charge in [-0.3, -0.25) is 0 Å². The molecule has 0 bridgehead atoms. The molecule has 0 saturated carbocycles. The fraction of sp³-hybridized carbons (Fsp3) is 0.0909. The number of fused-ring (bicyclic) bond motifs is 6. The van der Waals surface area contributed by atoms with Crippen LogP contribution in [-0.4, -0.2) is 9.13 Å². The number of hydrogen-bond donors (Lipinski definition) is 0. The first kappa shape index (κ1) is 20.1. The van der Waals surface area contributed by atoms with E-state index in [9.17, 15) is 0 Å². The Morgan fingerprint density at radius 3 is 1.14 bits per heavy atom. The summed E-state index contributed by atoms with van der Waals surface area (Å²) in [6.45, 7) is 2.26. The lowest BCUT2D eigenvalue weighted by Gasteiger charge is -2.15. The number of benzene rings is 5. The van der Waals surface area contributed by atoms with Crippen molar-refractivity contribution in [3.05, 3.63) is 121 Å². The summed E-state index contributed by atoms with van der Waals surface area (Å²) in [5.41, 5.74) is 8.77. The first-order valence-electron chi connectivity index (χ1n) is 12.4. The standard InChI is InChI=1S/C33H26N2/c1-2-11-23-20-24(34-30-16-7-3-12-26(30)27-13-4-8-17-31(27)34)22-25(21-23)35-32-18-9-5-14-28(32)29-15-6-10-19-33(29)35/h3-10,12-22H,2,11H2,1H3. The van der Waals surface area contributed by atoms with Gasteiger partial charge in [0.1, 0.15) is 0 Å². The zero-order chi connectivity index (χ0) is 23.4. The van der Waals surface area contributed by atoms with Gasteiger partial charge in [0.25, 0.3) is 0 Å². The van der Waals surface area contributed by atoms with Gasteiger partial charge in [-0.05, 0) is 54.4 Å². The third-order valence-corrected chi connectivity index (χ3v) is 7.18. The van der Waals surface area contributed by atoms with Gasteiger partial charge in [-0.2, -0.15) is 0 Å². The minimum Gasteiger partial charge on any atom is -0.309 e. The molecule has 35 heavy (non-hydrogen) atoms. The lowest BCUT2D eigenvalue weighted by atomic mass is 10.1. The highest BCUT2D eigenvalue weighted by molar-refractivity contribution is 6.10. The second kappa shape index (κ2) is 7.89. The first-order valence-corrected chi connectivity index (χ1v) is 12.4. The minimum atomic E-state index is 1.05.